The fraction of sp³-hybridized carbons (Fsp3) is 0.588. The van der Waals surface area contributed by atoms with Crippen LogP contribution >= 0.6 is 0 Å². The second-order valence-electron chi connectivity index (χ2n) is 6.36. The number of carbonyl (C=O) groups is 1. The van der Waals surface area contributed by atoms with E-state index in [-0.39, 0.29) is 23.6 Å². The minimum Gasteiger partial charge on any atom is -0.406 e. The molecule has 0 aliphatic carbocycles. The van der Waals surface area contributed by atoms with Gasteiger partial charge in [0.2, 0.25) is 5.91 Å². The van der Waals surface area contributed by atoms with Gasteiger partial charge in [-0.1, -0.05) is 12.1 Å². The topological polar surface area (TPSA) is 32.8 Å². The van der Waals surface area contributed by atoms with E-state index >= 15 is 0 Å². The molecule has 2 atom stereocenters. The smallest absolute Gasteiger partial charge is 0.406 e. The van der Waals surface area contributed by atoms with Crippen molar-refractivity contribution in [2.24, 2.45) is 5.92 Å². The predicted molar refractivity (Wildman–Crippen MR) is 84.5 cm³/mol. The van der Waals surface area contributed by atoms with Crippen LogP contribution in [-0.4, -0.2) is 49.3 Å². The molecule has 1 saturated heterocycles. The Bertz CT molecular complexity index is 558. The van der Waals surface area contributed by atoms with Gasteiger partial charge in [-0.2, -0.15) is 0 Å². The molecule has 1 aliphatic heterocycles. The highest BCUT2D eigenvalue weighted by Crippen LogP contribution is 2.29. The molecule has 1 aliphatic rings. The standard InChI is InChI=1S/C17H23F3N2O2/c1-12(13-6-8-15(9-7-13)24-17(18,19)20)22-10-4-5-14(11-22)16(23)21(2)3/h6-9,12,14H,4-5,10-11H2,1-3H3. The first-order chi connectivity index (χ1) is 11.2. The van der Waals surface area contributed by atoms with Crippen LogP contribution in [0.2, 0.25) is 0 Å². The summed E-state index contributed by atoms with van der Waals surface area (Å²) in [6, 6.07) is 5.96. The van der Waals surface area contributed by atoms with E-state index in [0.717, 1.165) is 24.9 Å². The summed E-state index contributed by atoms with van der Waals surface area (Å²) in [5.41, 5.74) is 0.905. The maximum Gasteiger partial charge on any atom is 0.573 e. The number of piperidine rings is 1. The number of hydrogen-bond acceptors (Lipinski definition) is 3. The minimum atomic E-state index is -4.68. The summed E-state index contributed by atoms with van der Waals surface area (Å²) in [5, 5.41) is 0. The van der Waals surface area contributed by atoms with Crippen LogP contribution in [0.15, 0.2) is 24.3 Å². The Morgan fingerprint density at radius 3 is 2.46 bits per heavy atom. The molecule has 0 N–H and O–H groups in total. The van der Waals surface area contributed by atoms with E-state index in [1.54, 1.807) is 31.1 Å². The second kappa shape index (κ2) is 7.42. The molecule has 134 valence electrons. The van der Waals surface area contributed by atoms with Crippen molar-refractivity contribution in [3.05, 3.63) is 29.8 Å². The van der Waals surface area contributed by atoms with E-state index in [1.807, 2.05) is 6.92 Å². The van der Waals surface area contributed by atoms with Crippen LogP contribution in [0.25, 0.3) is 0 Å². The average molecular weight is 344 g/mol. The quantitative estimate of drug-likeness (QED) is 0.839. The Hall–Kier alpha value is -1.76. The summed E-state index contributed by atoms with van der Waals surface area (Å²) in [5.74, 6) is -0.123. The van der Waals surface area contributed by atoms with Crippen LogP contribution in [-0.2, 0) is 4.79 Å². The van der Waals surface area contributed by atoms with Crippen LogP contribution in [0, 0.1) is 5.92 Å². The summed E-state index contributed by atoms with van der Waals surface area (Å²) >= 11 is 0. The summed E-state index contributed by atoms with van der Waals surface area (Å²) in [7, 11) is 3.51. The Labute approximate surface area is 140 Å². The van der Waals surface area contributed by atoms with Crippen LogP contribution < -0.4 is 4.74 Å². The summed E-state index contributed by atoms with van der Waals surface area (Å²) in [6.07, 6.45) is -2.87. The number of carbonyl (C=O) groups excluding carboxylic acids is 1. The molecule has 1 amide bonds. The molecule has 0 saturated carbocycles. The van der Waals surface area contributed by atoms with Gasteiger partial charge >= 0.3 is 6.36 Å². The molecule has 0 radical (unpaired) electrons. The molecule has 4 nitrogen and oxygen atoms in total. The lowest BCUT2D eigenvalue weighted by atomic mass is 9.94. The number of likely N-dealkylation sites (tertiary alicyclic amines) is 1. The van der Waals surface area contributed by atoms with Crippen molar-refractivity contribution in [3.8, 4) is 5.75 Å². The zero-order valence-electron chi connectivity index (χ0n) is 14.1. The van der Waals surface area contributed by atoms with E-state index in [1.165, 1.54) is 12.1 Å². The summed E-state index contributed by atoms with van der Waals surface area (Å²) in [4.78, 5) is 16.0. The Balaban J connectivity index is 2.02. The number of hydrogen-bond donors (Lipinski definition) is 0. The molecular formula is C17H23F3N2O2. The van der Waals surface area contributed by atoms with Crippen LogP contribution in [0.4, 0.5) is 13.2 Å². The maximum absolute atomic E-state index is 12.2. The number of benzene rings is 1. The first kappa shape index (κ1) is 18.6. The molecule has 2 rings (SSSR count). The van der Waals surface area contributed by atoms with Gasteiger partial charge < -0.3 is 9.64 Å². The minimum absolute atomic E-state index is 0.0240. The van der Waals surface area contributed by atoms with Crippen molar-refractivity contribution in [2.75, 3.05) is 27.2 Å². The number of halogens is 3. The number of rotatable bonds is 4. The van der Waals surface area contributed by atoms with Gasteiger partial charge in [0.1, 0.15) is 5.75 Å². The second-order valence-corrected chi connectivity index (χ2v) is 6.36. The molecule has 0 bridgehead atoms. The van der Waals surface area contributed by atoms with Gasteiger partial charge in [0.25, 0.3) is 0 Å². The van der Waals surface area contributed by atoms with Gasteiger partial charge in [-0.25, -0.2) is 0 Å². The lowest BCUT2D eigenvalue weighted by molar-refractivity contribution is -0.274. The molecular weight excluding hydrogens is 321 g/mol. The maximum atomic E-state index is 12.2. The van der Waals surface area contributed by atoms with Gasteiger partial charge in [-0.3, -0.25) is 9.69 Å². The number of alkyl halides is 3. The summed E-state index contributed by atoms with van der Waals surface area (Å²) in [6.45, 7) is 3.54. The highest BCUT2D eigenvalue weighted by molar-refractivity contribution is 5.78. The zero-order chi connectivity index (χ0) is 17.9. The van der Waals surface area contributed by atoms with Crippen molar-refractivity contribution in [2.45, 2.75) is 32.2 Å². The van der Waals surface area contributed by atoms with E-state index in [2.05, 4.69) is 9.64 Å². The third kappa shape index (κ3) is 4.87. The van der Waals surface area contributed by atoms with Gasteiger partial charge in [0.05, 0.1) is 5.92 Å². The van der Waals surface area contributed by atoms with E-state index in [9.17, 15) is 18.0 Å². The first-order valence-corrected chi connectivity index (χ1v) is 7.98. The van der Waals surface area contributed by atoms with Gasteiger partial charge in [-0.15, -0.1) is 13.2 Å². The lowest BCUT2D eigenvalue weighted by Gasteiger charge is -2.37. The molecule has 7 heteroatoms. The molecule has 0 aromatic heterocycles. The zero-order valence-corrected chi connectivity index (χ0v) is 14.1. The number of nitrogens with zero attached hydrogens (tertiary/aromatic N) is 2. The third-order valence-corrected chi connectivity index (χ3v) is 4.39. The highest BCUT2D eigenvalue weighted by atomic mass is 19.4. The molecule has 1 heterocycles. The normalized spacial score (nSPS) is 20.5. The van der Waals surface area contributed by atoms with Gasteiger partial charge in [-0.05, 0) is 44.0 Å². The van der Waals surface area contributed by atoms with Crippen molar-refractivity contribution in [1.82, 2.24) is 9.80 Å². The lowest BCUT2D eigenvalue weighted by Crippen LogP contribution is -2.43. The van der Waals surface area contributed by atoms with Crippen molar-refractivity contribution >= 4 is 5.91 Å². The Kier molecular flexibility index (Phi) is 5.74. The number of ether oxygens (including phenoxy) is 1. The van der Waals surface area contributed by atoms with Crippen LogP contribution in [0.3, 0.4) is 0 Å². The fourth-order valence-corrected chi connectivity index (χ4v) is 3.08. The fourth-order valence-electron chi connectivity index (χ4n) is 3.08. The largest absolute Gasteiger partial charge is 0.573 e. The molecule has 24 heavy (non-hydrogen) atoms. The van der Waals surface area contributed by atoms with Crippen LogP contribution in [0.1, 0.15) is 31.4 Å². The van der Waals surface area contributed by atoms with Crippen molar-refractivity contribution in [1.29, 1.82) is 0 Å². The molecule has 1 aromatic carbocycles. The van der Waals surface area contributed by atoms with E-state index in [0.29, 0.717) is 6.54 Å². The number of amides is 1. The van der Waals surface area contributed by atoms with Gasteiger partial charge in [0, 0.05) is 26.7 Å². The van der Waals surface area contributed by atoms with E-state index in [4.69, 9.17) is 0 Å². The SMILES string of the molecule is CC(c1ccc(OC(F)(F)F)cc1)N1CCCC(C(=O)N(C)C)C1. The molecule has 0 spiro atoms. The Morgan fingerprint density at radius 2 is 1.92 bits per heavy atom. The predicted octanol–water partition coefficient (Wildman–Crippen LogP) is 3.45. The highest BCUT2D eigenvalue weighted by Gasteiger charge is 2.32. The first-order valence-electron chi connectivity index (χ1n) is 7.98. The molecule has 1 aromatic rings. The van der Waals surface area contributed by atoms with Crippen molar-refractivity contribution < 1.29 is 22.7 Å². The Morgan fingerprint density at radius 1 is 1.29 bits per heavy atom. The monoisotopic (exact) mass is 344 g/mol. The third-order valence-electron chi connectivity index (χ3n) is 4.39. The average Bonchev–Trinajstić information content (AvgIpc) is 2.52. The summed E-state index contributed by atoms with van der Waals surface area (Å²) < 4.78 is 40.5. The van der Waals surface area contributed by atoms with Crippen molar-refractivity contribution in [3.63, 3.8) is 0 Å². The van der Waals surface area contributed by atoms with Crippen LogP contribution in [0.5, 0.6) is 5.75 Å². The molecule has 1 fully saturated rings. The van der Waals surface area contributed by atoms with Gasteiger partial charge in [0.15, 0.2) is 0 Å². The van der Waals surface area contributed by atoms with E-state index < -0.39 is 6.36 Å². The molecule has 2 unspecified atom stereocenters.